The molecule has 0 aliphatic rings. The summed E-state index contributed by atoms with van der Waals surface area (Å²) < 4.78 is 16.4. The molecule has 0 radical (unpaired) electrons. The van der Waals surface area contributed by atoms with Crippen molar-refractivity contribution < 1.29 is 13.4 Å². The standard InChI is InChI=1S/4C4H6N2.2C3H3NO.2C3H3NS.2CH4/c3*1-6-3-2-5-4-6;1-6-4-2-3-5-6;4*1-2-5-3-4-1;;/h4*2-4H,1H3;4*1-3H;2*1H4/p+1. The number of oxazole rings is 2. The second-order valence-electron chi connectivity index (χ2n) is 7.62. The summed E-state index contributed by atoms with van der Waals surface area (Å²) in [5, 5.41) is 7.69. The van der Waals surface area contributed by atoms with E-state index in [4.69, 9.17) is 0 Å². The Kier molecular flexibility index (Phi) is 30.1. The number of aromatic nitrogens is 12. The van der Waals surface area contributed by atoms with E-state index in [2.05, 4.69) is 48.8 Å². The predicted octanol–water partition coefficient (Wildman–Crippen LogP) is 6.01. The van der Waals surface area contributed by atoms with E-state index in [-0.39, 0.29) is 14.9 Å². The topological polar surface area (TPSA) is 151 Å². The van der Waals surface area contributed by atoms with Crippen molar-refractivity contribution >= 4 is 22.7 Å². The molecule has 8 aromatic heterocycles. The van der Waals surface area contributed by atoms with Gasteiger partial charge >= 0.3 is 0 Å². The summed E-state index contributed by atoms with van der Waals surface area (Å²) in [7, 11) is 7.73. The smallest absolute Gasteiger partial charge is 0.241 e. The molecule has 8 rings (SSSR count). The fourth-order valence-corrected chi connectivity index (χ4v) is 2.77. The van der Waals surface area contributed by atoms with Crippen LogP contribution in [0.3, 0.4) is 0 Å². The van der Waals surface area contributed by atoms with Gasteiger partial charge in [-0.05, 0) is 6.07 Å². The first-order valence-corrected chi connectivity index (χ1v) is 14.5. The summed E-state index contributed by atoms with van der Waals surface area (Å²) in [6, 6.07) is 1.89. The van der Waals surface area contributed by atoms with Crippen LogP contribution in [-0.4, -0.2) is 53.8 Å². The van der Waals surface area contributed by atoms with Gasteiger partial charge in [0.1, 0.15) is 24.9 Å². The summed E-state index contributed by atoms with van der Waals surface area (Å²) in [6.45, 7) is 0. The molecule has 0 aromatic carbocycles. The molecular weight excluding hydrogens is 625 g/mol. The van der Waals surface area contributed by atoms with Gasteiger partial charge in [-0.1, -0.05) is 14.9 Å². The molecule has 14 nitrogen and oxygen atoms in total. The van der Waals surface area contributed by atoms with Crippen LogP contribution in [0.15, 0.2) is 155 Å². The monoisotopic (exact) mass is 669 g/mol. The van der Waals surface area contributed by atoms with Crippen molar-refractivity contribution in [3.05, 3.63) is 147 Å². The minimum atomic E-state index is 0. The Balaban J connectivity index is 0. The van der Waals surface area contributed by atoms with Gasteiger partial charge in [0.2, 0.25) is 6.33 Å². The molecule has 0 aliphatic heterocycles. The lowest BCUT2D eigenvalue weighted by Crippen LogP contribution is -2.22. The Morgan fingerprint density at radius 3 is 1.30 bits per heavy atom. The lowest BCUT2D eigenvalue weighted by molar-refractivity contribution is -0.670. The van der Waals surface area contributed by atoms with Crippen molar-refractivity contribution in [2.75, 3.05) is 0 Å². The molecule has 0 saturated heterocycles. The SMILES string of the molecule is C.C.C[n+]1cc[nH]c1.Cn1cccn1.Cn1ccnc1.Cn1ccnc1.c1cocn1.c1cocn1.c1cscn1.c1cscn1. The molecule has 0 amide bonds. The molecule has 0 atom stereocenters. The van der Waals surface area contributed by atoms with Gasteiger partial charge in [0.25, 0.3) is 0 Å². The third-order valence-corrected chi connectivity index (χ3v) is 5.03. The zero-order valence-corrected chi connectivity index (χ0v) is 26.5. The molecule has 0 unspecified atom stereocenters. The van der Waals surface area contributed by atoms with E-state index in [0.717, 1.165) is 0 Å². The van der Waals surface area contributed by atoms with E-state index in [1.807, 2.05) is 96.0 Å². The fraction of sp³-hybridized carbons (Fsp3) is 0.200. The maximum atomic E-state index is 4.47. The van der Waals surface area contributed by atoms with Crippen molar-refractivity contribution in [2.45, 2.75) is 14.9 Å². The highest BCUT2D eigenvalue weighted by Gasteiger charge is 1.78. The number of imidazole rings is 3. The highest BCUT2D eigenvalue weighted by atomic mass is 32.1. The Hall–Kier alpha value is -5.48. The van der Waals surface area contributed by atoms with E-state index >= 15 is 0 Å². The van der Waals surface area contributed by atoms with Crippen LogP contribution in [0.4, 0.5) is 0 Å². The predicted molar refractivity (Wildman–Crippen MR) is 182 cm³/mol. The quantitative estimate of drug-likeness (QED) is 0.192. The molecule has 16 heteroatoms. The van der Waals surface area contributed by atoms with Gasteiger partial charge in [0.15, 0.2) is 12.8 Å². The van der Waals surface area contributed by atoms with Crippen molar-refractivity contribution in [1.29, 1.82) is 0 Å². The summed E-state index contributed by atoms with van der Waals surface area (Å²) in [6.07, 6.45) is 32.6. The van der Waals surface area contributed by atoms with E-state index in [9.17, 15) is 0 Å². The van der Waals surface area contributed by atoms with Gasteiger partial charge in [-0.2, -0.15) is 5.10 Å². The number of nitrogens with zero attached hydrogens (tertiary/aromatic N) is 11. The normalized spacial score (nSPS) is 8.09. The van der Waals surface area contributed by atoms with Crippen LogP contribution in [0.5, 0.6) is 0 Å². The highest BCUT2D eigenvalue weighted by molar-refractivity contribution is 7.07. The van der Waals surface area contributed by atoms with Crippen LogP contribution in [0.25, 0.3) is 0 Å². The molecule has 248 valence electrons. The summed E-state index contributed by atoms with van der Waals surface area (Å²) >= 11 is 3.20. The van der Waals surface area contributed by atoms with Crippen LogP contribution in [-0.2, 0) is 28.2 Å². The number of aromatic amines is 1. The Labute approximate surface area is 278 Å². The molecular formula is C30H45N12O2S2+. The average Bonchev–Trinajstić information content (AvgIpc) is 3.90. The highest BCUT2D eigenvalue weighted by Crippen LogP contribution is 1.86. The molecule has 0 spiro atoms. The number of thiazole rings is 2. The molecule has 8 aromatic rings. The summed E-state index contributed by atoms with van der Waals surface area (Å²) in [5.74, 6) is 0. The lowest BCUT2D eigenvalue weighted by Gasteiger charge is -1.77. The third-order valence-electron chi connectivity index (χ3n) is 3.98. The number of H-pyrrole nitrogens is 1. The minimum absolute atomic E-state index is 0. The molecule has 0 fully saturated rings. The first-order valence-electron chi connectivity index (χ1n) is 12.6. The van der Waals surface area contributed by atoms with Crippen LogP contribution in [0.2, 0.25) is 0 Å². The molecule has 0 bridgehead atoms. The van der Waals surface area contributed by atoms with E-state index in [1.165, 1.54) is 25.3 Å². The average molecular weight is 670 g/mol. The minimum Gasteiger partial charge on any atom is -0.452 e. The van der Waals surface area contributed by atoms with Crippen LogP contribution in [0.1, 0.15) is 14.9 Å². The number of nitrogens with one attached hydrogen (secondary N) is 1. The molecule has 1 N–H and O–H groups in total. The molecule has 8 heterocycles. The van der Waals surface area contributed by atoms with Crippen molar-refractivity contribution in [2.24, 2.45) is 28.2 Å². The van der Waals surface area contributed by atoms with Gasteiger partial charge in [-0.15, -0.1) is 22.7 Å². The van der Waals surface area contributed by atoms with Gasteiger partial charge in [0, 0.05) is 81.5 Å². The zero-order chi connectivity index (χ0) is 31.8. The lowest BCUT2D eigenvalue weighted by atomic mass is 10.8. The maximum Gasteiger partial charge on any atom is 0.241 e. The van der Waals surface area contributed by atoms with Gasteiger partial charge in [-0.3, -0.25) is 19.6 Å². The zero-order valence-electron chi connectivity index (χ0n) is 24.9. The Morgan fingerprint density at radius 2 is 1.20 bits per heavy atom. The van der Waals surface area contributed by atoms with E-state index in [1.54, 1.807) is 94.4 Å². The second-order valence-corrected chi connectivity index (χ2v) is 9.13. The van der Waals surface area contributed by atoms with Crippen molar-refractivity contribution in [3.8, 4) is 0 Å². The number of hydrogen-bond donors (Lipinski definition) is 1. The van der Waals surface area contributed by atoms with Crippen LogP contribution in [0, 0.1) is 0 Å². The molecule has 46 heavy (non-hydrogen) atoms. The van der Waals surface area contributed by atoms with Crippen molar-refractivity contribution in [1.82, 2.24) is 53.8 Å². The Bertz CT molecular complexity index is 1170. The second kappa shape index (κ2) is 32.4. The van der Waals surface area contributed by atoms with E-state index in [0.29, 0.717) is 0 Å². The van der Waals surface area contributed by atoms with Crippen molar-refractivity contribution in [3.63, 3.8) is 0 Å². The summed E-state index contributed by atoms with van der Waals surface area (Å²) in [5.41, 5.74) is 3.58. The van der Waals surface area contributed by atoms with Crippen LogP contribution >= 0.6 is 22.7 Å². The van der Waals surface area contributed by atoms with E-state index < -0.39 is 0 Å². The number of aryl methyl sites for hydroxylation is 4. The van der Waals surface area contributed by atoms with Gasteiger partial charge < -0.3 is 18.0 Å². The van der Waals surface area contributed by atoms with Gasteiger partial charge in [-0.25, -0.2) is 24.5 Å². The fourth-order valence-electron chi connectivity index (χ4n) is 2.06. The number of rotatable bonds is 0. The molecule has 0 aliphatic carbocycles. The van der Waals surface area contributed by atoms with Crippen LogP contribution < -0.4 is 4.57 Å². The maximum absolute atomic E-state index is 4.47. The Morgan fingerprint density at radius 1 is 0.652 bits per heavy atom. The molecule has 0 saturated carbocycles. The summed E-state index contributed by atoms with van der Waals surface area (Å²) in [4.78, 5) is 25.1. The third kappa shape index (κ3) is 30.0. The largest absolute Gasteiger partial charge is 0.452 e. The van der Waals surface area contributed by atoms with Gasteiger partial charge in [0.05, 0.1) is 43.1 Å². The first-order chi connectivity index (χ1) is 21.6. The first kappa shape index (κ1) is 42.7. The number of hydrogen-bond acceptors (Lipinski definition) is 11.